The normalized spacial score (nSPS) is 10.8. The summed E-state index contributed by atoms with van der Waals surface area (Å²) in [6, 6.07) is 1.98. The zero-order valence-corrected chi connectivity index (χ0v) is 7.38. The van der Waals surface area contributed by atoms with E-state index in [1.165, 1.54) is 0 Å². The summed E-state index contributed by atoms with van der Waals surface area (Å²) in [6.45, 7) is 1.66. The summed E-state index contributed by atoms with van der Waals surface area (Å²) in [4.78, 5) is 7.87. The number of anilines is 1. The van der Waals surface area contributed by atoms with E-state index >= 15 is 0 Å². The number of aromatic nitrogens is 2. The largest absolute Gasteiger partial charge is 0.382 e. The molecule has 0 saturated carbocycles. The van der Waals surface area contributed by atoms with Gasteiger partial charge in [-0.25, -0.2) is 18.7 Å². The molecule has 3 nitrogen and oxygen atoms in total. The van der Waals surface area contributed by atoms with Gasteiger partial charge >= 0.3 is 0 Å². The number of benzene rings is 1. The molecule has 14 heavy (non-hydrogen) atoms. The first-order chi connectivity index (χ1) is 6.58. The highest BCUT2D eigenvalue weighted by atomic mass is 19.2. The number of hydrogen-bond acceptors (Lipinski definition) is 3. The lowest BCUT2D eigenvalue weighted by molar-refractivity contribution is 0.510. The molecule has 2 N–H and O–H groups in total. The second-order valence-electron chi connectivity index (χ2n) is 2.95. The Morgan fingerprint density at radius 1 is 1.07 bits per heavy atom. The van der Waals surface area contributed by atoms with Crippen LogP contribution in [0.2, 0.25) is 0 Å². The smallest absolute Gasteiger partial charge is 0.161 e. The van der Waals surface area contributed by atoms with E-state index in [9.17, 15) is 8.78 Å². The van der Waals surface area contributed by atoms with Gasteiger partial charge in [-0.2, -0.15) is 0 Å². The highest BCUT2D eigenvalue weighted by Crippen LogP contribution is 2.17. The summed E-state index contributed by atoms with van der Waals surface area (Å²) >= 11 is 0. The molecular formula is C9H7F2N3. The maximum absolute atomic E-state index is 12.8. The first-order valence-corrected chi connectivity index (χ1v) is 3.97. The van der Waals surface area contributed by atoms with E-state index in [2.05, 4.69) is 9.97 Å². The van der Waals surface area contributed by atoms with Crippen LogP contribution in [0.5, 0.6) is 0 Å². The molecule has 0 atom stereocenters. The summed E-state index contributed by atoms with van der Waals surface area (Å²) in [5.41, 5.74) is 6.55. The molecule has 0 aliphatic heterocycles. The van der Waals surface area contributed by atoms with Gasteiger partial charge in [0.05, 0.1) is 16.7 Å². The van der Waals surface area contributed by atoms with E-state index < -0.39 is 11.6 Å². The average Bonchev–Trinajstić information content (AvgIpc) is 2.11. The number of nitrogens with zero attached hydrogens (tertiary/aromatic N) is 2. The molecule has 5 heteroatoms. The van der Waals surface area contributed by atoms with Crippen molar-refractivity contribution in [2.75, 3.05) is 5.73 Å². The van der Waals surface area contributed by atoms with Crippen LogP contribution in [0, 0.1) is 18.6 Å². The molecule has 1 aromatic heterocycles. The fourth-order valence-corrected chi connectivity index (χ4v) is 1.15. The predicted molar refractivity (Wildman–Crippen MR) is 48.6 cm³/mol. The second-order valence-corrected chi connectivity index (χ2v) is 2.95. The summed E-state index contributed by atoms with van der Waals surface area (Å²) < 4.78 is 25.6. The molecule has 0 bridgehead atoms. The lowest BCUT2D eigenvalue weighted by atomic mass is 10.2. The SMILES string of the molecule is Cc1nc2cc(F)c(F)cc2nc1N. The van der Waals surface area contributed by atoms with Gasteiger partial charge in [0, 0.05) is 12.1 Å². The lowest BCUT2D eigenvalue weighted by Gasteiger charge is -2.02. The Morgan fingerprint density at radius 2 is 1.57 bits per heavy atom. The number of nitrogen functional groups attached to an aromatic ring is 1. The Hall–Kier alpha value is -1.78. The van der Waals surface area contributed by atoms with Crippen molar-refractivity contribution >= 4 is 16.9 Å². The van der Waals surface area contributed by atoms with E-state index in [0.29, 0.717) is 11.2 Å². The van der Waals surface area contributed by atoms with Gasteiger partial charge in [0.15, 0.2) is 11.6 Å². The molecule has 0 amide bonds. The van der Waals surface area contributed by atoms with Crippen molar-refractivity contribution in [2.24, 2.45) is 0 Å². The molecular weight excluding hydrogens is 188 g/mol. The van der Waals surface area contributed by atoms with Crippen molar-refractivity contribution < 1.29 is 8.78 Å². The zero-order chi connectivity index (χ0) is 10.3. The van der Waals surface area contributed by atoms with Gasteiger partial charge < -0.3 is 5.73 Å². The highest BCUT2D eigenvalue weighted by Gasteiger charge is 2.07. The van der Waals surface area contributed by atoms with E-state index in [1.54, 1.807) is 6.92 Å². The van der Waals surface area contributed by atoms with Gasteiger partial charge in [0.2, 0.25) is 0 Å². The minimum Gasteiger partial charge on any atom is -0.382 e. The molecule has 0 aliphatic rings. The van der Waals surface area contributed by atoms with Gasteiger partial charge in [0.25, 0.3) is 0 Å². The summed E-state index contributed by atoms with van der Waals surface area (Å²) in [5.74, 6) is -1.66. The molecule has 0 radical (unpaired) electrons. The minimum absolute atomic E-state index is 0.225. The fraction of sp³-hybridized carbons (Fsp3) is 0.111. The van der Waals surface area contributed by atoms with E-state index in [1.807, 2.05) is 0 Å². The number of halogens is 2. The van der Waals surface area contributed by atoms with Crippen molar-refractivity contribution in [3.8, 4) is 0 Å². The van der Waals surface area contributed by atoms with Crippen LogP contribution < -0.4 is 5.73 Å². The maximum atomic E-state index is 12.8. The van der Waals surface area contributed by atoms with Gasteiger partial charge in [-0.3, -0.25) is 0 Å². The van der Waals surface area contributed by atoms with Crippen molar-refractivity contribution in [3.63, 3.8) is 0 Å². The minimum atomic E-state index is -0.949. The summed E-state index contributed by atoms with van der Waals surface area (Å²) in [5, 5.41) is 0. The van der Waals surface area contributed by atoms with Crippen LogP contribution in [0.15, 0.2) is 12.1 Å². The van der Waals surface area contributed by atoms with Crippen LogP contribution in [0.4, 0.5) is 14.6 Å². The predicted octanol–water partition coefficient (Wildman–Crippen LogP) is 1.80. The first-order valence-electron chi connectivity index (χ1n) is 3.97. The summed E-state index contributed by atoms with van der Waals surface area (Å²) in [6.07, 6.45) is 0. The monoisotopic (exact) mass is 195 g/mol. The maximum Gasteiger partial charge on any atom is 0.161 e. The van der Waals surface area contributed by atoms with Crippen molar-refractivity contribution in [1.29, 1.82) is 0 Å². The highest BCUT2D eigenvalue weighted by molar-refractivity contribution is 5.76. The Bertz CT molecular complexity index is 422. The number of nitrogens with two attached hydrogens (primary N) is 1. The second kappa shape index (κ2) is 2.87. The Balaban J connectivity index is 2.83. The quantitative estimate of drug-likeness (QED) is 0.697. The standard InChI is InChI=1S/C9H7F2N3/c1-4-9(12)14-8-3-6(11)5(10)2-7(8)13-4/h2-3H,1H3,(H2,12,14). The van der Waals surface area contributed by atoms with Crippen LogP contribution in [0.25, 0.3) is 11.0 Å². The van der Waals surface area contributed by atoms with Crippen molar-refractivity contribution in [1.82, 2.24) is 9.97 Å². The molecule has 0 spiro atoms. The summed E-state index contributed by atoms with van der Waals surface area (Å²) in [7, 11) is 0. The van der Waals surface area contributed by atoms with Crippen LogP contribution in [0.1, 0.15) is 5.69 Å². The Labute approximate surface area is 78.6 Å². The Kier molecular flexibility index (Phi) is 1.80. The van der Waals surface area contributed by atoms with Crippen molar-refractivity contribution in [3.05, 3.63) is 29.5 Å². The Morgan fingerprint density at radius 3 is 2.14 bits per heavy atom. The average molecular weight is 195 g/mol. The van der Waals surface area contributed by atoms with E-state index in [-0.39, 0.29) is 11.3 Å². The van der Waals surface area contributed by atoms with Crippen LogP contribution >= 0.6 is 0 Å². The first kappa shape index (κ1) is 8.80. The third kappa shape index (κ3) is 1.26. The number of rotatable bonds is 0. The van der Waals surface area contributed by atoms with Crippen LogP contribution in [-0.4, -0.2) is 9.97 Å². The van der Waals surface area contributed by atoms with Gasteiger partial charge in [-0.1, -0.05) is 0 Å². The molecule has 2 aromatic rings. The molecule has 1 heterocycles. The lowest BCUT2D eigenvalue weighted by Crippen LogP contribution is -1.99. The molecule has 0 fully saturated rings. The molecule has 0 saturated heterocycles. The third-order valence-corrected chi connectivity index (χ3v) is 1.92. The number of fused-ring (bicyclic) bond motifs is 1. The van der Waals surface area contributed by atoms with Gasteiger partial charge in [-0.15, -0.1) is 0 Å². The van der Waals surface area contributed by atoms with Crippen LogP contribution in [-0.2, 0) is 0 Å². The molecule has 72 valence electrons. The number of aryl methyl sites for hydroxylation is 1. The molecule has 0 aliphatic carbocycles. The van der Waals surface area contributed by atoms with Crippen LogP contribution in [0.3, 0.4) is 0 Å². The van der Waals surface area contributed by atoms with Gasteiger partial charge in [-0.05, 0) is 6.92 Å². The molecule has 0 unspecified atom stereocenters. The van der Waals surface area contributed by atoms with Crippen molar-refractivity contribution in [2.45, 2.75) is 6.92 Å². The van der Waals surface area contributed by atoms with E-state index in [4.69, 9.17) is 5.73 Å². The van der Waals surface area contributed by atoms with E-state index in [0.717, 1.165) is 12.1 Å². The fourth-order valence-electron chi connectivity index (χ4n) is 1.15. The zero-order valence-electron chi connectivity index (χ0n) is 7.38. The third-order valence-electron chi connectivity index (χ3n) is 1.92. The molecule has 2 rings (SSSR count). The van der Waals surface area contributed by atoms with Gasteiger partial charge in [0.1, 0.15) is 5.82 Å². The number of hydrogen-bond donors (Lipinski definition) is 1. The molecule has 1 aromatic carbocycles. The topological polar surface area (TPSA) is 51.8 Å².